The molecule has 2 aromatic carbocycles. The van der Waals surface area contributed by atoms with Crippen molar-refractivity contribution in [1.82, 2.24) is 9.78 Å². The van der Waals surface area contributed by atoms with Crippen LogP contribution in [-0.4, -0.2) is 34.8 Å². The Morgan fingerprint density at radius 2 is 1.64 bits per heavy atom. The second-order valence-electron chi connectivity index (χ2n) is 8.59. The Morgan fingerprint density at radius 3 is 2.25 bits per heavy atom. The molecule has 1 aliphatic carbocycles. The van der Waals surface area contributed by atoms with Gasteiger partial charge in [0.1, 0.15) is 16.3 Å². The zero-order valence-corrected chi connectivity index (χ0v) is 21.3. The molecule has 0 spiro atoms. The van der Waals surface area contributed by atoms with E-state index in [0.29, 0.717) is 41.0 Å². The number of carbonyl (C=O) groups excluding carboxylic acids is 2. The second kappa shape index (κ2) is 10.0. The number of benzene rings is 2. The fourth-order valence-corrected chi connectivity index (χ4v) is 5.05. The molecule has 0 bridgehead atoms. The summed E-state index contributed by atoms with van der Waals surface area (Å²) in [5, 5.41) is 11.5. The van der Waals surface area contributed by atoms with E-state index in [2.05, 4.69) is 15.7 Å². The summed E-state index contributed by atoms with van der Waals surface area (Å²) < 4.78 is 13.5. The third-order valence-corrected chi connectivity index (χ3v) is 7.01. The lowest BCUT2D eigenvalue weighted by Gasteiger charge is -2.17. The summed E-state index contributed by atoms with van der Waals surface area (Å²) in [6.45, 7) is 6.50. The van der Waals surface area contributed by atoms with Gasteiger partial charge in [-0.3, -0.25) is 9.59 Å². The van der Waals surface area contributed by atoms with Gasteiger partial charge in [-0.15, -0.1) is 11.3 Å². The number of aryl methyl sites for hydroxylation is 1. The molecule has 0 aliphatic heterocycles. The van der Waals surface area contributed by atoms with E-state index in [-0.39, 0.29) is 17.7 Å². The average molecular weight is 505 g/mol. The molecule has 1 aliphatic rings. The SMILES string of the molecule is CCOc1cc(NC(=O)C2CC2)c(OCC)cc1NC(=O)c1cc2c(C)nn(-c3ccccc3)c2s1. The van der Waals surface area contributed by atoms with E-state index in [4.69, 9.17) is 9.47 Å². The summed E-state index contributed by atoms with van der Waals surface area (Å²) in [5.74, 6) is 0.722. The number of fused-ring (bicyclic) bond motifs is 1. The zero-order chi connectivity index (χ0) is 25.2. The number of nitrogens with one attached hydrogen (secondary N) is 2. The predicted molar refractivity (Wildman–Crippen MR) is 142 cm³/mol. The van der Waals surface area contributed by atoms with E-state index < -0.39 is 0 Å². The number of para-hydroxylation sites is 1. The molecule has 0 radical (unpaired) electrons. The van der Waals surface area contributed by atoms with Gasteiger partial charge in [0, 0.05) is 23.4 Å². The first-order valence-electron chi connectivity index (χ1n) is 12.1. The largest absolute Gasteiger partial charge is 0.492 e. The van der Waals surface area contributed by atoms with E-state index in [1.165, 1.54) is 11.3 Å². The second-order valence-corrected chi connectivity index (χ2v) is 9.62. The van der Waals surface area contributed by atoms with Crippen molar-refractivity contribution in [2.75, 3.05) is 23.8 Å². The number of amides is 2. The monoisotopic (exact) mass is 504 g/mol. The highest BCUT2D eigenvalue weighted by Gasteiger charge is 2.30. The summed E-state index contributed by atoms with van der Waals surface area (Å²) >= 11 is 1.38. The molecule has 1 saturated carbocycles. The van der Waals surface area contributed by atoms with Crippen molar-refractivity contribution < 1.29 is 19.1 Å². The lowest BCUT2D eigenvalue weighted by atomic mass is 10.2. The molecule has 9 heteroatoms. The number of hydrogen-bond acceptors (Lipinski definition) is 6. The Hall–Kier alpha value is -3.85. The first kappa shape index (κ1) is 23.9. The highest BCUT2D eigenvalue weighted by atomic mass is 32.1. The highest BCUT2D eigenvalue weighted by molar-refractivity contribution is 7.20. The van der Waals surface area contributed by atoms with Crippen LogP contribution in [0, 0.1) is 12.8 Å². The average Bonchev–Trinajstić information content (AvgIpc) is 3.56. The highest BCUT2D eigenvalue weighted by Crippen LogP contribution is 2.39. The van der Waals surface area contributed by atoms with Crippen LogP contribution in [0.1, 0.15) is 42.1 Å². The number of nitrogens with zero attached hydrogens (tertiary/aromatic N) is 2. The van der Waals surface area contributed by atoms with Gasteiger partial charge in [0.05, 0.1) is 40.8 Å². The summed E-state index contributed by atoms with van der Waals surface area (Å²) in [7, 11) is 0. The maximum Gasteiger partial charge on any atom is 0.265 e. The van der Waals surface area contributed by atoms with E-state index >= 15 is 0 Å². The van der Waals surface area contributed by atoms with Crippen molar-refractivity contribution in [2.24, 2.45) is 5.92 Å². The fraction of sp³-hybridized carbons (Fsp3) is 0.296. The van der Waals surface area contributed by atoms with Gasteiger partial charge in [-0.2, -0.15) is 5.10 Å². The molecule has 2 heterocycles. The number of ether oxygens (including phenoxy) is 2. The van der Waals surface area contributed by atoms with Crippen LogP contribution in [0.3, 0.4) is 0 Å². The number of rotatable bonds is 9. The molecular weight excluding hydrogens is 476 g/mol. The van der Waals surface area contributed by atoms with E-state index in [9.17, 15) is 9.59 Å². The Labute approximate surface area is 213 Å². The summed E-state index contributed by atoms with van der Waals surface area (Å²) in [4.78, 5) is 27.2. The first-order valence-corrected chi connectivity index (χ1v) is 12.9. The van der Waals surface area contributed by atoms with E-state index in [1.54, 1.807) is 12.1 Å². The van der Waals surface area contributed by atoms with Gasteiger partial charge in [0.25, 0.3) is 5.91 Å². The van der Waals surface area contributed by atoms with Gasteiger partial charge in [-0.05, 0) is 51.8 Å². The van der Waals surface area contributed by atoms with E-state index in [1.807, 2.05) is 61.9 Å². The van der Waals surface area contributed by atoms with Crippen molar-refractivity contribution in [1.29, 1.82) is 0 Å². The lowest BCUT2D eigenvalue weighted by molar-refractivity contribution is -0.117. The van der Waals surface area contributed by atoms with Crippen molar-refractivity contribution >= 4 is 44.7 Å². The third-order valence-electron chi connectivity index (χ3n) is 5.90. The molecule has 2 amide bonds. The van der Waals surface area contributed by atoms with Gasteiger partial charge < -0.3 is 20.1 Å². The van der Waals surface area contributed by atoms with Gasteiger partial charge in [0.2, 0.25) is 5.91 Å². The van der Waals surface area contributed by atoms with Crippen LogP contribution in [0.5, 0.6) is 11.5 Å². The number of aromatic nitrogens is 2. The third kappa shape index (κ3) is 4.79. The minimum Gasteiger partial charge on any atom is -0.492 e. The lowest BCUT2D eigenvalue weighted by Crippen LogP contribution is -2.16. The van der Waals surface area contributed by atoms with E-state index in [0.717, 1.165) is 34.4 Å². The minimum absolute atomic E-state index is 0.0247. The molecule has 1 fully saturated rings. The molecule has 5 rings (SSSR count). The molecule has 186 valence electrons. The number of anilines is 2. The quantitative estimate of drug-likeness (QED) is 0.301. The number of thiophene rings is 1. The Morgan fingerprint density at radius 1 is 1.00 bits per heavy atom. The molecule has 8 nitrogen and oxygen atoms in total. The molecule has 2 aromatic heterocycles. The molecule has 0 atom stereocenters. The molecular formula is C27H28N4O4S. The standard InChI is InChI=1S/C27H28N4O4S/c1-4-34-22-15-21(23(35-5-2)14-20(22)28-25(32)17-11-12-17)29-26(33)24-13-19-16(3)30-31(27(19)36-24)18-9-7-6-8-10-18/h6-10,13-15,17H,4-5,11-12H2,1-3H3,(H,28,32)(H,29,33). The topological polar surface area (TPSA) is 94.5 Å². The Kier molecular flexibility index (Phi) is 6.65. The van der Waals surface area contributed by atoms with Crippen LogP contribution in [0.2, 0.25) is 0 Å². The molecule has 36 heavy (non-hydrogen) atoms. The van der Waals surface area contributed by atoms with Crippen LogP contribution in [0.4, 0.5) is 11.4 Å². The summed E-state index contributed by atoms with van der Waals surface area (Å²) in [6, 6.07) is 15.1. The Bertz CT molecular complexity index is 1420. The minimum atomic E-state index is -0.256. The predicted octanol–water partition coefficient (Wildman–Crippen LogP) is 5.79. The number of carbonyl (C=O) groups is 2. The molecule has 4 aromatic rings. The number of hydrogen-bond donors (Lipinski definition) is 2. The van der Waals surface area contributed by atoms with Crippen molar-refractivity contribution in [2.45, 2.75) is 33.6 Å². The first-order chi connectivity index (χ1) is 17.5. The molecule has 2 N–H and O–H groups in total. The molecule has 0 saturated heterocycles. The van der Waals surface area contributed by atoms with Crippen LogP contribution >= 0.6 is 11.3 Å². The van der Waals surface area contributed by atoms with Gasteiger partial charge >= 0.3 is 0 Å². The van der Waals surface area contributed by atoms with Crippen molar-refractivity contribution in [3.05, 3.63) is 59.1 Å². The van der Waals surface area contributed by atoms with Gasteiger partial charge in [-0.25, -0.2) is 4.68 Å². The fourth-order valence-electron chi connectivity index (χ4n) is 3.97. The zero-order valence-electron chi connectivity index (χ0n) is 20.5. The van der Waals surface area contributed by atoms with Crippen molar-refractivity contribution in [3.63, 3.8) is 0 Å². The maximum absolute atomic E-state index is 13.3. The smallest absolute Gasteiger partial charge is 0.265 e. The van der Waals surface area contributed by atoms with Crippen LogP contribution in [-0.2, 0) is 4.79 Å². The summed E-state index contributed by atoms with van der Waals surface area (Å²) in [6.07, 6.45) is 1.80. The van der Waals surface area contributed by atoms with Crippen LogP contribution in [0.25, 0.3) is 15.9 Å². The van der Waals surface area contributed by atoms with Gasteiger partial charge in [0.15, 0.2) is 0 Å². The van der Waals surface area contributed by atoms with Crippen LogP contribution in [0.15, 0.2) is 48.5 Å². The summed E-state index contributed by atoms with van der Waals surface area (Å²) in [5.41, 5.74) is 2.81. The molecule has 0 unspecified atom stereocenters. The van der Waals surface area contributed by atoms with Crippen LogP contribution < -0.4 is 20.1 Å². The van der Waals surface area contributed by atoms with Gasteiger partial charge in [-0.1, -0.05) is 18.2 Å². The maximum atomic E-state index is 13.3. The Balaban J connectivity index is 1.46. The normalized spacial score (nSPS) is 13.0. The van der Waals surface area contributed by atoms with Crippen molar-refractivity contribution in [3.8, 4) is 17.2 Å².